The zero-order valence-corrected chi connectivity index (χ0v) is 15.3. The van der Waals surface area contributed by atoms with E-state index in [1.54, 1.807) is 21.9 Å². The van der Waals surface area contributed by atoms with E-state index < -0.39 is 0 Å². The molecule has 1 saturated heterocycles. The molecular weight excluding hydrogens is 330 g/mol. The van der Waals surface area contributed by atoms with Gasteiger partial charge in [0.1, 0.15) is 0 Å². The minimum Gasteiger partial charge on any atom is -0.459 e. The fourth-order valence-electron chi connectivity index (χ4n) is 3.14. The van der Waals surface area contributed by atoms with Crippen LogP contribution in [0.2, 0.25) is 0 Å². The van der Waals surface area contributed by atoms with Crippen molar-refractivity contribution in [2.24, 2.45) is 0 Å². The summed E-state index contributed by atoms with van der Waals surface area (Å²) in [5, 5.41) is 0. The molecule has 1 aliphatic rings. The van der Waals surface area contributed by atoms with Gasteiger partial charge in [0.25, 0.3) is 5.91 Å². The van der Waals surface area contributed by atoms with Gasteiger partial charge in [-0.25, -0.2) is 0 Å². The second-order valence-electron chi connectivity index (χ2n) is 6.64. The van der Waals surface area contributed by atoms with Crippen molar-refractivity contribution >= 4 is 11.8 Å². The summed E-state index contributed by atoms with van der Waals surface area (Å²) in [5.74, 6) is 0.369. The maximum Gasteiger partial charge on any atom is 0.289 e. The monoisotopic (exact) mass is 355 g/mol. The predicted octanol–water partition coefficient (Wildman–Crippen LogP) is 2.26. The molecule has 1 unspecified atom stereocenters. The molecule has 0 spiro atoms. The number of nitrogens with zero attached hydrogens (tertiary/aromatic N) is 3. The van der Waals surface area contributed by atoms with Crippen LogP contribution in [0.1, 0.15) is 29.1 Å². The van der Waals surface area contributed by atoms with E-state index in [-0.39, 0.29) is 17.9 Å². The van der Waals surface area contributed by atoms with Gasteiger partial charge in [0.15, 0.2) is 5.76 Å². The van der Waals surface area contributed by atoms with Crippen molar-refractivity contribution in [2.45, 2.75) is 13.0 Å². The number of amides is 2. The lowest BCUT2D eigenvalue weighted by Gasteiger charge is -2.35. The minimum absolute atomic E-state index is 0.0329. The van der Waals surface area contributed by atoms with Gasteiger partial charge in [0.05, 0.1) is 18.8 Å². The number of rotatable bonds is 5. The van der Waals surface area contributed by atoms with Gasteiger partial charge < -0.3 is 14.2 Å². The third-order valence-corrected chi connectivity index (χ3v) is 5.01. The Hall–Kier alpha value is -2.60. The van der Waals surface area contributed by atoms with Gasteiger partial charge in [-0.3, -0.25) is 14.5 Å². The van der Waals surface area contributed by atoms with Gasteiger partial charge in [-0.05, 0) is 24.6 Å². The lowest BCUT2D eigenvalue weighted by atomic mass is 10.1. The van der Waals surface area contributed by atoms with Crippen molar-refractivity contribution in [3.05, 3.63) is 60.1 Å². The third kappa shape index (κ3) is 4.14. The molecule has 1 aromatic heterocycles. The summed E-state index contributed by atoms with van der Waals surface area (Å²) >= 11 is 0. The van der Waals surface area contributed by atoms with Crippen molar-refractivity contribution in [1.82, 2.24) is 14.7 Å². The van der Waals surface area contributed by atoms with Gasteiger partial charge >= 0.3 is 0 Å². The number of benzene rings is 1. The normalized spacial score (nSPS) is 16.3. The standard InChI is InChI=1S/C20H25N3O3/c1-16(17-7-4-3-5-8-17)21(2)19(24)15-22-10-12-23(13-11-22)20(25)18-9-6-14-26-18/h3-9,14,16H,10-13,15H2,1-2H3. The van der Waals surface area contributed by atoms with Crippen molar-refractivity contribution in [1.29, 1.82) is 0 Å². The van der Waals surface area contributed by atoms with E-state index in [4.69, 9.17) is 4.42 Å². The van der Waals surface area contributed by atoms with E-state index in [1.807, 2.05) is 44.3 Å². The predicted molar refractivity (Wildman–Crippen MR) is 98.7 cm³/mol. The first-order chi connectivity index (χ1) is 12.6. The number of piperazine rings is 1. The van der Waals surface area contributed by atoms with E-state index in [0.717, 1.165) is 5.56 Å². The molecule has 0 N–H and O–H groups in total. The summed E-state index contributed by atoms with van der Waals surface area (Å²) in [6.07, 6.45) is 1.51. The Kier molecular flexibility index (Phi) is 5.73. The summed E-state index contributed by atoms with van der Waals surface area (Å²) < 4.78 is 5.17. The van der Waals surface area contributed by atoms with Crippen LogP contribution >= 0.6 is 0 Å². The van der Waals surface area contributed by atoms with Crippen LogP contribution in [-0.4, -0.2) is 66.3 Å². The molecule has 3 rings (SSSR count). The van der Waals surface area contributed by atoms with E-state index in [1.165, 1.54) is 6.26 Å². The lowest BCUT2D eigenvalue weighted by Crippen LogP contribution is -2.51. The molecular formula is C20H25N3O3. The van der Waals surface area contributed by atoms with Gasteiger partial charge in [0, 0.05) is 33.2 Å². The van der Waals surface area contributed by atoms with Crippen LogP contribution in [0, 0.1) is 0 Å². The Morgan fingerprint density at radius 1 is 1.08 bits per heavy atom. The molecule has 0 aliphatic carbocycles. The number of hydrogen-bond acceptors (Lipinski definition) is 4. The molecule has 0 radical (unpaired) electrons. The van der Waals surface area contributed by atoms with Crippen molar-refractivity contribution in [3.63, 3.8) is 0 Å². The quantitative estimate of drug-likeness (QED) is 0.826. The Labute approximate surface area is 154 Å². The highest BCUT2D eigenvalue weighted by molar-refractivity contribution is 5.91. The van der Waals surface area contributed by atoms with Gasteiger partial charge in [0.2, 0.25) is 5.91 Å². The van der Waals surface area contributed by atoms with Crippen LogP contribution in [0.5, 0.6) is 0 Å². The number of hydrogen-bond donors (Lipinski definition) is 0. The zero-order chi connectivity index (χ0) is 18.5. The molecule has 2 heterocycles. The first-order valence-corrected chi connectivity index (χ1v) is 8.92. The van der Waals surface area contributed by atoms with Crippen LogP contribution in [0.3, 0.4) is 0 Å². The molecule has 26 heavy (non-hydrogen) atoms. The second kappa shape index (κ2) is 8.19. The molecule has 0 saturated carbocycles. The average molecular weight is 355 g/mol. The van der Waals surface area contributed by atoms with E-state index >= 15 is 0 Å². The molecule has 2 amide bonds. The van der Waals surface area contributed by atoms with Crippen molar-refractivity contribution in [2.75, 3.05) is 39.8 Å². The van der Waals surface area contributed by atoms with Gasteiger partial charge in [-0.1, -0.05) is 30.3 Å². The fourth-order valence-corrected chi connectivity index (χ4v) is 3.14. The zero-order valence-electron chi connectivity index (χ0n) is 15.3. The summed E-state index contributed by atoms with van der Waals surface area (Å²) in [4.78, 5) is 30.6. The first-order valence-electron chi connectivity index (χ1n) is 8.92. The highest BCUT2D eigenvalue weighted by Gasteiger charge is 2.26. The van der Waals surface area contributed by atoms with Crippen LogP contribution in [0.25, 0.3) is 0 Å². The Bertz CT molecular complexity index is 722. The van der Waals surface area contributed by atoms with Crippen LogP contribution in [0.4, 0.5) is 0 Å². The second-order valence-corrected chi connectivity index (χ2v) is 6.64. The molecule has 0 bridgehead atoms. The molecule has 1 fully saturated rings. The topological polar surface area (TPSA) is 57.0 Å². The van der Waals surface area contributed by atoms with E-state index in [9.17, 15) is 9.59 Å². The van der Waals surface area contributed by atoms with Crippen LogP contribution in [-0.2, 0) is 4.79 Å². The SMILES string of the molecule is CC(c1ccccc1)N(C)C(=O)CN1CCN(C(=O)c2ccco2)CC1. The number of carbonyl (C=O) groups excluding carboxylic acids is 2. The molecule has 1 aromatic carbocycles. The Balaban J connectivity index is 1.49. The smallest absolute Gasteiger partial charge is 0.289 e. The third-order valence-electron chi connectivity index (χ3n) is 5.01. The lowest BCUT2D eigenvalue weighted by molar-refractivity contribution is -0.133. The van der Waals surface area contributed by atoms with Crippen molar-refractivity contribution < 1.29 is 14.0 Å². The number of furan rings is 1. The maximum absolute atomic E-state index is 12.6. The minimum atomic E-state index is -0.0872. The van der Waals surface area contributed by atoms with Crippen LogP contribution < -0.4 is 0 Å². The molecule has 1 atom stereocenters. The van der Waals surface area contributed by atoms with E-state index in [2.05, 4.69) is 4.90 Å². The summed E-state index contributed by atoms with van der Waals surface area (Å²) in [7, 11) is 1.84. The first kappa shape index (κ1) is 18.2. The molecule has 2 aromatic rings. The Morgan fingerprint density at radius 3 is 2.38 bits per heavy atom. The van der Waals surface area contributed by atoms with E-state index in [0.29, 0.717) is 38.5 Å². The highest BCUT2D eigenvalue weighted by atomic mass is 16.3. The highest BCUT2D eigenvalue weighted by Crippen LogP contribution is 2.18. The maximum atomic E-state index is 12.6. The summed E-state index contributed by atoms with van der Waals surface area (Å²) in [5.41, 5.74) is 1.12. The van der Waals surface area contributed by atoms with Crippen LogP contribution in [0.15, 0.2) is 53.1 Å². The molecule has 6 nitrogen and oxygen atoms in total. The fraction of sp³-hybridized carbons (Fsp3) is 0.400. The van der Waals surface area contributed by atoms with Gasteiger partial charge in [-0.15, -0.1) is 0 Å². The largest absolute Gasteiger partial charge is 0.459 e. The number of carbonyl (C=O) groups is 2. The molecule has 1 aliphatic heterocycles. The summed E-state index contributed by atoms with van der Waals surface area (Å²) in [6.45, 7) is 4.98. The molecule has 138 valence electrons. The summed E-state index contributed by atoms with van der Waals surface area (Å²) in [6, 6.07) is 13.4. The average Bonchev–Trinajstić information content (AvgIpc) is 3.22. The Morgan fingerprint density at radius 2 is 1.77 bits per heavy atom. The van der Waals surface area contributed by atoms with Crippen molar-refractivity contribution in [3.8, 4) is 0 Å². The van der Waals surface area contributed by atoms with Gasteiger partial charge in [-0.2, -0.15) is 0 Å². The number of likely N-dealkylation sites (N-methyl/N-ethyl adjacent to an activating group) is 1. The molecule has 6 heteroatoms.